The average molecular weight is 707 g/mol. The Balaban J connectivity index is 2.90. The Morgan fingerprint density at radius 1 is 0.915 bits per heavy atom. The molecule has 0 aliphatic carbocycles. The van der Waals surface area contributed by atoms with Gasteiger partial charge in [-0.2, -0.15) is 12.6 Å². The highest BCUT2D eigenvalue weighted by Gasteiger charge is 2.39. The number of aliphatic hydroxyl groups is 1. The second kappa shape index (κ2) is 20.9. The maximum atomic E-state index is 13.2. The fourth-order valence-corrected chi connectivity index (χ4v) is 4.92. The van der Waals surface area contributed by atoms with Gasteiger partial charge >= 0.3 is 5.97 Å². The number of carboxylic acid groups (broad SMARTS) is 1. The van der Waals surface area contributed by atoms with Crippen molar-refractivity contribution in [1.29, 1.82) is 0 Å². The summed E-state index contributed by atoms with van der Waals surface area (Å²) in [6.07, 6.45) is 0.0224. The molecule has 0 unspecified atom stereocenters. The Morgan fingerprint density at radius 3 is 2.13 bits per heavy atom. The second-order valence-electron chi connectivity index (χ2n) is 10.2. The van der Waals surface area contributed by atoms with Gasteiger partial charge in [0, 0.05) is 18.8 Å². The van der Waals surface area contributed by atoms with Gasteiger partial charge in [-0.25, -0.2) is 0 Å². The zero-order valence-corrected chi connectivity index (χ0v) is 27.1. The smallest absolute Gasteiger partial charge is 0.305 e. The molecule has 22 heteroatoms. The number of hydrogen-bond donors (Lipinski definition) is 12. The Bertz CT molecular complexity index is 1200. The molecule has 1 fully saturated rings. The van der Waals surface area contributed by atoms with E-state index in [-0.39, 0.29) is 44.1 Å². The Hall–Kier alpha value is -4.15. The van der Waals surface area contributed by atoms with Crippen molar-refractivity contribution in [2.45, 2.75) is 62.3 Å². The van der Waals surface area contributed by atoms with Gasteiger partial charge in [0.15, 0.2) is 5.96 Å². The second-order valence-corrected chi connectivity index (χ2v) is 11.0. The number of carbonyl (C=O) groups is 8. The highest BCUT2D eigenvalue weighted by Crippen LogP contribution is 2.19. The molecule has 0 spiro atoms. The monoisotopic (exact) mass is 706 g/mol. The number of carbonyl (C=O) groups excluding carboxylic acids is 7. The number of thiol groups is 2. The van der Waals surface area contributed by atoms with E-state index in [1.807, 2.05) is 0 Å². The van der Waals surface area contributed by atoms with Gasteiger partial charge < -0.3 is 58.9 Å². The van der Waals surface area contributed by atoms with Gasteiger partial charge in [0.05, 0.1) is 26.1 Å². The summed E-state index contributed by atoms with van der Waals surface area (Å²) in [5.74, 6) is -6.84. The standard InChI is InChI=1S/C25H42N10O10S2/c26-8-17(37)31-12(3-1-5-29-25(27)28)20(41)30-9-18(38)32-13(7-19(39)40)21(42)33-14(10-36)23(44)35-6-2-4-16(35)22(43)34-15(11-46)24(45)47/h12-16,36,46H,1-11,26H2,(H,30,41)(H,31,37)(H,32,38)(H,33,42)(H,34,43)(H,39,40)(H,45,47)(H4,27,28,29)/t12-,13-,14-,15-,16-/m0/s1. The number of carboxylic acids is 1. The molecule has 0 radical (unpaired) electrons. The molecule has 0 saturated carbocycles. The van der Waals surface area contributed by atoms with Crippen molar-refractivity contribution in [3.8, 4) is 0 Å². The fourth-order valence-electron chi connectivity index (χ4n) is 4.36. The largest absolute Gasteiger partial charge is 0.481 e. The molecule has 1 rings (SSSR count). The maximum Gasteiger partial charge on any atom is 0.305 e. The van der Waals surface area contributed by atoms with Crippen molar-refractivity contribution in [2.75, 3.05) is 38.5 Å². The number of nitrogens with zero attached hydrogens (tertiary/aromatic N) is 2. The van der Waals surface area contributed by atoms with E-state index in [1.165, 1.54) is 0 Å². The summed E-state index contributed by atoms with van der Waals surface area (Å²) in [5, 5.41) is 30.0. The van der Waals surface area contributed by atoms with Crippen molar-refractivity contribution in [3.63, 3.8) is 0 Å². The molecule has 1 saturated heterocycles. The van der Waals surface area contributed by atoms with Crippen molar-refractivity contribution in [1.82, 2.24) is 31.5 Å². The highest BCUT2D eigenvalue weighted by molar-refractivity contribution is 7.96. The summed E-state index contributed by atoms with van der Waals surface area (Å²) < 4.78 is 0. The lowest BCUT2D eigenvalue weighted by Crippen LogP contribution is -2.59. The summed E-state index contributed by atoms with van der Waals surface area (Å²) in [7, 11) is 0. The van der Waals surface area contributed by atoms with Gasteiger partial charge in [-0.15, -0.1) is 12.6 Å². The molecule has 1 aliphatic rings. The third kappa shape index (κ3) is 14.4. The first kappa shape index (κ1) is 40.9. The van der Waals surface area contributed by atoms with Gasteiger partial charge in [-0.1, -0.05) is 0 Å². The molecule has 13 N–H and O–H groups in total. The van der Waals surface area contributed by atoms with Crippen molar-refractivity contribution >= 4 is 77.7 Å². The van der Waals surface area contributed by atoms with E-state index in [0.29, 0.717) is 6.42 Å². The summed E-state index contributed by atoms with van der Waals surface area (Å²) in [4.78, 5) is 104. The predicted octanol–water partition coefficient (Wildman–Crippen LogP) is -6.10. The summed E-state index contributed by atoms with van der Waals surface area (Å²) in [6.45, 7) is -1.86. The van der Waals surface area contributed by atoms with Crippen LogP contribution in [0.4, 0.5) is 0 Å². The molecular weight excluding hydrogens is 664 g/mol. The molecule has 0 bridgehead atoms. The minimum atomic E-state index is -1.75. The molecule has 0 aromatic carbocycles. The summed E-state index contributed by atoms with van der Waals surface area (Å²) in [6, 6.07) is -6.55. The van der Waals surface area contributed by atoms with Crippen molar-refractivity contribution in [3.05, 3.63) is 0 Å². The zero-order valence-electron chi connectivity index (χ0n) is 25.3. The van der Waals surface area contributed by atoms with Crippen LogP contribution in [-0.2, 0) is 38.4 Å². The summed E-state index contributed by atoms with van der Waals surface area (Å²) >= 11 is 7.68. The number of amides is 6. The molecule has 0 aromatic heterocycles. The minimum absolute atomic E-state index is 0.0451. The Morgan fingerprint density at radius 2 is 1.57 bits per heavy atom. The number of nitrogens with two attached hydrogens (primary N) is 3. The Kier molecular flexibility index (Phi) is 18.1. The van der Waals surface area contributed by atoms with Crippen LogP contribution in [0.2, 0.25) is 0 Å². The van der Waals surface area contributed by atoms with E-state index in [1.54, 1.807) is 0 Å². The van der Waals surface area contributed by atoms with Crippen LogP contribution in [0.3, 0.4) is 0 Å². The third-order valence-corrected chi connectivity index (χ3v) is 7.35. The van der Waals surface area contributed by atoms with Gasteiger partial charge in [0.25, 0.3) is 0 Å². The number of aliphatic hydroxyl groups excluding tert-OH is 1. The van der Waals surface area contributed by atoms with Crippen LogP contribution < -0.4 is 43.8 Å². The van der Waals surface area contributed by atoms with E-state index in [2.05, 4.69) is 56.8 Å². The van der Waals surface area contributed by atoms with Crippen LogP contribution >= 0.6 is 25.3 Å². The SMILES string of the molecule is NCC(=O)N[C@@H](CCCN=C(N)N)C(=O)NCC(=O)N[C@@H](CC(=O)O)C(=O)N[C@@H](CO)C(=O)N1CCC[C@H]1C(=O)N[C@@H](CS)C(=O)S. The van der Waals surface area contributed by atoms with Crippen LogP contribution in [0.1, 0.15) is 32.1 Å². The van der Waals surface area contributed by atoms with Crippen LogP contribution in [0.15, 0.2) is 4.99 Å². The number of rotatable bonds is 20. The van der Waals surface area contributed by atoms with Crippen LogP contribution in [0.5, 0.6) is 0 Å². The number of aliphatic carboxylic acids is 1. The first-order valence-corrected chi connectivity index (χ1v) is 15.4. The van der Waals surface area contributed by atoms with Gasteiger partial charge in [-0.05, 0) is 25.7 Å². The molecule has 1 aliphatic heterocycles. The number of likely N-dealkylation sites (tertiary alicyclic amines) is 1. The normalized spacial score (nSPS) is 16.4. The number of guanidine groups is 1. The molecule has 264 valence electrons. The molecule has 20 nitrogen and oxygen atoms in total. The lowest BCUT2D eigenvalue weighted by molar-refractivity contribution is -0.144. The van der Waals surface area contributed by atoms with E-state index >= 15 is 0 Å². The highest BCUT2D eigenvalue weighted by atomic mass is 32.1. The summed E-state index contributed by atoms with van der Waals surface area (Å²) in [5.41, 5.74) is 15.8. The van der Waals surface area contributed by atoms with Gasteiger partial charge in [0.2, 0.25) is 40.6 Å². The first-order valence-electron chi connectivity index (χ1n) is 14.3. The van der Waals surface area contributed by atoms with Crippen LogP contribution in [0.25, 0.3) is 0 Å². The van der Waals surface area contributed by atoms with Crippen molar-refractivity contribution in [2.24, 2.45) is 22.2 Å². The molecule has 6 amide bonds. The minimum Gasteiger partial charge on any atom is -0.481 e. The van der Waals surface area contributed by atoms with Gasteiger partial charge in [-0.3, -0.25) is 43.3 Å². The van der Waals surface area contributed by atoms with Crippen molar-refractivity contribution < 1.29 is 48.6 Å². The van der Waals surface area contributed by atoms with Crippen LogP contribution in [0, 0.1) is 0 Å². The first-order chi connectivity index (χ1) is 22.1. The maximum absolute atomic E-state index is 13.2. The van der Waals surface area contributed by atoms with Gasteiger partial charge in [0.1, 0.15) is 30.2 Å². The Labute approximate surface area is 280 Å². The third-order valence-electron chi connectivity index (χ3n) is 6.67. The molecular formula is C25H42N10O10S2. The quantitative estimate of drug-likeness (QED) is 0.0243. The molecule has 47 heavy (non-hydrogen) atoms. The lowest BCUT2D eigenvalue weighted by Gasteiger charge is -2.29. The predicted molar refractivity (Wildman–Crippen MR) is 172 cm³/mol. The fraction of sp³-hybridized carbons (Fsp3) is 0.640. The molecule has 1 heterocycles. The number of aliphatic imine (C=N–C) groups is 1. The number of nitrogens with one attached hydrogen (secondary N) is 5. The van der Waals surface area contributed by atoms with E-state index < -0.39 is 103 Å². The van der Waals surface area contributed by atoms with E-state index in [4.69, 9.17) is 17.2 Å². The molecule has 0 aromatic rings. The number of hydrogen-bond acceptors (Lipinski definition) is 12. The molecule has 5 atom stereocenters. The van der Waals surface area contributed by atoms with E-state index in [9.17, 15) is 48.6 Å². The van der Waals surface area contributed by atoms with Crippen LogP contribution in [-0.4, -0.2) is 136 Å². The zero-order chi connectivity index (χ0) is 35.7. The van der Waals surface area contributed by atoms with E-state index in [0.717, 1.165) is 4.90 Å². The topological polar surface area (TPSA) is 331 Å². The average Bonchev–Trinajstić information content (AvgIpc) is 3.51. The lowest BCUT2D eigenvalue weighted by atomic mass is 10.1.